The zero-order valence-electron chi connectivity index (χ0n) is 21.6. The number of ether oxygens (including phenoxy) is 1. The number of carbonyl (C=O) groups is 2. The summed E-state index contributed by atoms with van der Waals surface area (Å²) in [6.07, 6.45) is -3.85. The second-order valence-electron chi connectivity index (χ2n) is 9.77. The van der Waals surface area contributed by atoms with Crippen molar-refractivity contribution in [3.8, 4) is 5.69 Å². The molecule has 0 radical (unpaired) electrons. The van der Waals surface area contributed by atoms with Crippen LogP contribution in [0.15, 0.2) is 65.6 Å². The zero-order chi connectivity index (χ0) is 28.4. The lowest BCUT2D eigenvalue weighted by Gasteiger charge is -2.25. The first-order chi connectivity index (χ1) is 17.5. The van der Waals surface area contributed by atoms with Gasteiger partial charge in [-0.2, -0.15) is 13.2 Å². The van der Waals surface area contributed by atoms with Crippen molar-refractivity contribution in [2.75, 3.05) is 17.7 Å². The predicted octanol–water partition coefficient (Wildman–Crippen LogP) is 5.30. The summed E-state index contributed by atoms with van der Waals surface area (Å²) in [6, 6.07) is 11.3. The molecule has 38 heavy (non-hydrogen) atoms. The van der Waals surface area contributed by atoms with Gasteiger partial charge in [0.25, 0.3) is 11.5 Å². The minimum atomic E-state index is -4.59. The number of amides is 2. The normalized spacial score (nSPS) is 12.5. The van der Waals surface area contributed by atoms with E-state index in [-0.39, 0.29) is 16.8 Å². The number of pyridine rings is 1. The lowest BCUT2D eigenvalue weighted by atomic mass is 10.0. The van der Waals surface area contributed by atoms with E-state index in [1.54, 1.807) is 45.0 Å². The number of nitrogen functional groups attached to an aromatic ring is 1. The first-order valence-electron chi connectivity index (χ1n) is 11.6. The van der Waals surface area contributed by atoms with Gasteiger partial charge in [-0.1, -0.05) is 6.07 Å². The molecule has 0 saturated heterocycles. The van der Waals surface area contributed by atoms with Crippen LogP contribution in [0, 0.1) is 0 Å². The van der Waals surface area contributed by atoms with Gasteiger partial charge in [-0.25, -0.2) is 4.79 Å². The molecule has 0 aliphatic heterocycles. The predicted molar refractivity (Wildman–Crippen MR) is 138 cm³/mol. The number of halogens is 3. The number of hydrogen-bond acceptors (Lipinski definition) is 5. The molecule has 1 unspecified atom stereocenters. The summed E-state index contributed by atoms with van der Waals surface area (Å²) in [7, 11) is 1.53. The third kappa shape index (κ3) is 6.93. The van der Waals surface area contributed by atoms with Crippen LogP contribution < -0.4 is 21.5 Å². The number of benzene rings is 2. The van der Waals surface area contributed by atoms with Crippen LogP contribution in [0.3, 0.4) is 0 Å². The molecular weight excluding hydrogens is 501 g/mol. The monoisotopic (exact) mass is 530 g/mol. The fourth-order valence-electron chi connectivity index (χ4n) is 3.56. The van der Waals surface area contributed by atoms with Crippen molar-refractivity contribution in [2.45, 2.75) is 45.5 Å². The highest BCUT2D eigenvalue weighted by Crippen LogP contribution is 2.32. The van der Waals surface area contributed by atoms with E-state index in [1.807, 2.05) is 0 Å². The molecule has 202 valence electrons. The van der Waals surface area contributed by atoms with E-state index in [0.717, 1.165) is 12.1 Å². The molecule has 1 aromatic heterocycles. The topological polar surface area (TPSA) is 107 Å². The van der Waals surface area contributed by atoms with Crippen LogP contribution in [0.4, 0.5) is 29.3 Å². The average Bonchev–Trinajstić information content (AvgIpc) is 2.81. The molecule has 3 N–H and O–H groups in total. The van der Waals surface area contributed by atoms with Gasteiger partial charge >= 0.3 is 12.3 Å². The first kappa shape index (κ1) is 28.3. The van der Waals surface area contributed by atoms with E-state index in [9.17, 15) is 27.6 Å². The quantitative estimate of drug-likeness (QED) is 0.436. The summed E-state index contributed by atoms with van der Waals surface area (Å²) in [4.78, 5) is 39.3. The van der Waals surface area contributed by atoms with Gasteiger partial charge < -0.3 is 15.8 Å². The molecule has 0 saturated carbocycles. The van der Waals surface area contributed by atoms with Crippen molar-refractivity contribution in [1.82, 2.24) is 9.88 Å². The van der Waals surface area contributed by atoms with Crippen LogP contribution in [0.2, 0.25) is 0 Å². The Bertz CT molecular complexity index is 1410. The second-order valence-corrected chi connectivity index (χ2v) is 9.77. The molecule has 1 atom stereocenters. The second kappa shape index (κ2) is 10.6. The molecule has 0 aliphatic rings. The molecule has 3 rings (SSSR count). The van der Waals surface area contributed by atoms with Gasteiger partial charge in [0.2, 0.25) is 0 Å². The van der Waals surface area contributed by atoms with Crippen LogP contribution in [0.25, 0.3) is 5.69 Å². The molecule has 0 bridgehead atoms. The van der Waals surface area contributed by atoms with Gasteiger partial charge in [-0.05, 0) is 75.7 Å². The number of nitrogens with zero attached hydrogens (tertiary/aromatic N) is 2. The molecule has 3 aromatic rings. The molecule has 2 aromatic carbocycles. The highest BCUT2D eigenvalue weighted by molar-refractivity contribution is 5.94. The summed E-state index contributed by atoms with van der Waals surface area (Å²) in [6.45, 7) is 6.76. The van der Waals surface area contributed by atoms with E-state index in [0.29, 0.717) is 11.4 Å². The summed E-state index contributed by atoms with van der Waals surface area (Å²) in [5, 5.41) is 2.64. The molecule has 0 fully saturated rings. The maximum absolute atomic E-state index is 13.2. The lowest BCUT2D eigenvalue weighted by molar-refractivity contribution is -0.137. The minimum Gasteiger partial charge on any atom is -0.443 e. The highest BCUT2D eigenvalue weighted by atomic mass is 19.4. The number of hydrogen-bond donors (Lipinski definition) is 2. The fourth-order valence-corrected chi connectivity index (χ4v) is 3.56. The van der Waals surface area contributed by atoms with Crippen molar-refractivity contribution in [3.63, 3.8) is 0 Å². The Kier molecular flexibility index (Phi) is 7.90. The van der Waals surface area contributed by atoms with Crippen LogP contribution >= 0.6 is 0 Å². The largest absolute Gasteiger partial charge is 0.443 e. The van der Waals surface area contributed by atoms with Crippen molar-refractivity contribution in [2.24, 2.45) is 0 Å². The number of nitrogens with one attached hydrogen (secondary N) is 1. The number of rotatable bonds is 5. The van der Waals surface area contributed by atoms with E-state index < -0.39 is 40.9 Å². The van der Waals surface area contributed by atoms with E-state index in [1.165, 1.54) is 47.8 Å². The van der Waals surface area contributed by atoms with Crippen molar-refractivity contribution in [1.29, 1.82) is 0 Å². The highest BCUT2D eigenvalue weighted by Gasteiger charge is 2.31. The summed E-state index contributed by atoms with van der Waals surface area (Å²) in [5.41, 5.74) is 4.62. The lowest BCUT2D eigenvalue weighted by Crippen LogP contribution is -2.34. The molecule has 1 heterocycles. The first-order valence-corrected chi connectivity index (χ1v) is 11.6. The van der Waals surface area contributed by atoms with E-state index in [4.69, 9.17) is 10.5 Å². The molecule has 8 nitrogen and oxygen atoms in total. The summed E-state index contributed by atoms with van der Waals surface area (Å²) < 4.78 is 46.1. The van der Waals surface area contributed by atoms with Crippen LogP contribution in [0.1, 0.15) is 55.2 Å². The van der Waals surface area contributed by atoms with E-state index in [2.05, 4.69) is 5.32 Å². The van der Waals surface area contributed by atoms with Crippen LogP contribution in [-0.4, -0.2) is 29.2 Å². The van der Waals surface area contributed by atoms with Crippen LogP contribution in [0.5, 0.6) is 0 Å². The Hall–Kier alpha value is -4.28. The van der Waals surface area contributed by atoms with Gasteiger partial charge in [-0.15, -0.1) is 0 Å². The van der Waals surface area contributed by atoms with Gasteiger partial charge in [0.05, 0.1) is 22.9 Å². The smallest absolute Gasteiger partial charge is 0.416 e. The maximum atomic E-state index is 13.2. The van der Waals surface area contributed by atoms with Gasteiger partial charge in [0.1, 0.15) is 5.60 Å². The third-order valence-electron chi connectivity index (χ3n) is 5.49. The summed E-state index contributed by atoms with van der Waals surface area (Å²) in [5.74, 6) is -0.607. The Labute approximate surface area is 217 Å². The zero-order valence-corrected chi connectivity index (χ0v) is 21.6. The Balaban J connectivity index is 1.86. The molecule has 2 amide bonds. The molecule has 11 heteroatoms. The average molecular weight is 531 g/mol. The van der Waals surface area contributed by atoms with Crippen molar-refractivity contribution in [3.05, 3.63) is 87.8 Å². The van der Waals surface area contributed by atoms with Gasteiger partial charge in [0.15, 0.2) is 0 Å². The Morgan fingerprint density at radius 3 is 2.37 bits per heavy atom. The van der Waals surface area contributed by atoms with Gasteiger partial charge in [-0.3, -0.25) is 19.1 Å². The Morgan fingerprint density at radius 1 is 1.05 bits per heavy atom. The Morgan fingerprint density at radius 2 is 1.74 bits per heavy atom. The van der Waals surface area contributed by atoms with Gasteiger partial charge in [0, 0.05) is 30.7 Å². The third-order valence-corrected chi connectivity index (χ3v) is 5.49. The summed E-state index contributed by atoms with van der Waals surface area (Å²) >= 11 is 0. The molecule has 0 spiro atoms. The maximum Gasteiger partial charge on any atom is 0.416 e. The number of alkyl halides is 3. The number of nitrogens with two attached hydrogens (primary N) is 1. The van der Waals surface area contributed by atoms with Crippen LogP contribution in [-0.2, 0) is 10.9 Å². The standard InChI is InChI=1S/C27H29F3N4O4/c1-16(18-11-19(27(28,29)30)13-20(31)12-18)32-24(36)17-9-10-23(35)34(15-17)22-8-6-7-21(14-22)33(5)25(37)38-26(2,3)4/h6-16H,31H2,1-5H3,(H,32,36). The number of aromatic nitrogens is 1. The fraction of sp³-hybridized carbons (Fsp3) is 0.296. The number of anilines is 2. The molecule has 0 aliphatic carbocycles. The van der Waals surface area contributed by atoms with Crippen molar-refractivity contribution < 1.29 is 27.5 Å². The number of carbonyl (C=O) groups excluding carboxylic acids is 2. The van der Waals surface area contributed by atoms with E-state index >= 15 is 0 Å². The minimum absolute atomic E-state index is 0.0827. The molecular formula is C27H29F3N4O4. The SMILES string of the molecule is CC(NC(=O)c1ccc(=O)n(-c2cccc(N(C)C(=O)OC(C)(C)C)c2)c1)c1cc(N)cc(C(F)(F)F)c1. The van der Waals surface area contributed by atoms with Crippen molar-refractivity contribution >= 4 is 23.4 Å².